The number of nitrogens with one attached hydrogen (secondary N) is 2. The predicted molar refractivity (Wildman–Crippen MR) is 110 cm³/mol. The molecule has 0 unspecified atom stereocenters. The van der Waals surface area contributed by atoms with E-state index < -0.39 is 35.6 Å². The van der Waals surface area contributed by atoms with Crippen molar-refractivity contribution in [2.75, 3.05) is 0 Å². The lowest BCUT2D eigenvalue weighted by Gasteiger charge is -2.32. The molecule has 0 spiro atoms. The first-order valence-electron chi connectivity index (χ1n) is 10.6. The van der Waals surface area contributed by atoms with Gasteiger partial charge in [0.2, 0.25) is 11.6 Å². The summed E-state index contributed by atoms with van der Waals surface area (Å²) in [4.78, 5) is 49.6. The molecule has 0 bridgehead atoms. The van der Waals surface area contributed by atoms with E-state index in [2.05, 4.69) is 10.6 Å². The Morgan fingerprint density at radius 3 is 1.87 bits per heavy atom. The highest BCUT2D eigenvalue weighted by atomic mass is 16.4. The second-order valence-corrected chi connectivity index (χ2v) is 8.78. The third-order valence-electron chi connectivity index (χ3n) is 5.77. The molecule has 8 heteroatoms. The molecular formula is C22H32N2O6. The lowest BCUT2D eigenvalue weighted by molar-refractivity contribution is -0.141. The second-order valence-electron chi connectivity index (χ2n) is 8.78. The molecule has 0 amide bonds. The Morgan fingerprint density at radius 1 is 0.900 bits per heavy atom. The van der Waals surface area contributed by atoms with Gasteiger partial charge in [0.25, 0.3) is 0 Å². The standard InChI is InChI=1S/C22H32N2O6/c1-11(2)17(21(27)28)23-14-10-15(25)19(24-18(12(3)4)22(29)30)16(20(14)26)13-8-6-5-7-9-13/h10-13,17-18,23-24H,5-9H2,1-4H3,(H,27,28)(H,29,30)/t17-,18-/m1/s1. The predicted octanol–water partition coefficient (Wildman–Crippen LogP) is 2.25. The number of carbonyl (C=O) groups excluding carboxylic acids is 2. The number of ketones is 2. The summed E-state index contributed by atoms with van der Waals surface area (Å²) < 4.78 is 0. The van der Waals surface area contributed by atoms with Crippen molar-refractivity contribution in [3.63, 3.8) is 0 Å². The van der Waals surface area contributed by atoms with Gasteiger partial charge >= 0.3 is 11.9 Å². The van der Waals surface area contributed by atoms with Gasteiger partial charge in [0.05, 0.1) is 11.4 Å². The molecule has 0 saturated heterocycles. The number of hydrogen-bond acceptors (Lipinski definition) is 6. The number of hydrogen-bond donors (Lipinski definition) is 4. The third kappa shape index (κ3) is 5.29. The van der Waals surface area contributed by atoms with Gasteiger partial charge in [-0.05, 0) is 30.6 Å². The van der Waals surface area contributed by atoms with Crippen LogP contribution >= 0.6 is 0 Å². The summed E-state index contributed by atoms with van der Waals surface area (Å²) in [6, 6.07) is -2.03. The molecule has 2 atom stereocenters. The number of aliphatic carboxylic acids is 2. The molecule has 4 N–H and O–H groups in total. The SMILES string of the molecule is CC(C)[C@@H](NC1=CC(=O)C(N[C@@H](C(=O)O)C(C)C)=C(C2CCCCC2)C1=O)C(=O)O. The average Bonchev–Trinajstić information content (AvgIpc) is 2.66. The van der Waals surface area contributed by atoms with E-state index in [4.69, 9.17) is 0 Å². The maximum atomic E-state index is 13.4. The first kappa shape index (κ1) is 23.6. The number of carbonyl (C=O) groups is 4. The number of rotatable bonds is 9. The fourth-order valence-corrected chi connectivity index (χ4v) is 4.05. The summed E-state index contributed by atoms with van der Waals surface area (Å²) in [5.41, 5.74) is 0.281. The van der Waals surface area contributed by atoms with E-state index in [0.717, 1.165) is 38.2 Å². The normalized spacial score (nSPS) is 20.3. The van der Waals surface area contributed by atoms with Crippen molar-refractivity contribution < 1.29 is 29.4 Å². The Morgan fingerprint density at radius 2 is 1.40 bits per heavy atom. The van der Waals surface area contributed by atoms with Gasteiger partial charge in [0.1, 0.15) is 12.1 Å². The molecule has 2 rings (SSSR count). The van der Waals surface area contributed by atoms with Crippen molar-refractivity contribution in [2.45, 2.75) is 71.9 Å². The molecule has 0 radical (unpaired) electrons. The largest absolute Gasteiger partial charge is 0.480 e. The van der Waals surface area contributed by atoms with E-state index in [-0.39, 0.29) is 34.7 Å². The van der Waals surface area contributed by atoms with Crippen LogP contribution in [0.4, 0.5) is 0 Å². The smallest absolute Gasteiger partial charge is 0.326 e. The first-order valence-corrected chi connectivity index (χ1v) is 10.6. The van der Waals surface area contributed by atoms with Crippen molar-refractivity contribution >= 4 is 23.5 Å². The lowest BCUT2D eigenvalue weighted by Crippen LogP contribution is -2.47. The minimum Gasteiger partial charge on any atom is -0.480 e. The van der Waals surface area contributed by atoms with Crippen LogP contribution in [0.3, 0.4) is 0 Å². The highest BCUT2D eigenvalue weighted by Crippen LogP contribution is 2.35. The summed E-state index contributed by atoms with van der Waals surface area (Å²) in [6.45, 7) is 6.88. The molecule has 166 valence electrons. The fraction of sp³-hybridized carbons (Fsp3) is 0.636. The zero-order valence-corrected chi connectivity index (χ0v) is 18.0. The van der Waals surface area contributed by atoms with Gasteiger partial charge in [-0.15, -0.1) is 0 Å². The molecule has 0 aromatic carbocycles. The van der Waals surface area contributed by atoms with E-state index in [1.807, 2.05) is 0 Å². The van der Waals surface area contributed by atoms with E-state index in [9.17, 15) is 29.4 Å². The number of carboxylic acids is 2. The van der Waals surface area contributed by atoms with E-state index in [1.54, 1.807) is 27.7 Å². The molecule has 1 saturated carbocycles. The topological polar surface area (TPSA) is 133 Å². The molecule has 1 fully saturated rings. The molecule has 0 aromatic heterocycles. The van der Waals surface area contributed by atoms with Crippen molar-refractivity contribution in [1.29, 1.82) is 0 Å². The van der Waals surface area contributed by atoms with Crippen LogP contribution in [0.25, 0.3) is 0 Å². The Bertz CT molecular complexity index is 774. The summed E-state index contributed by atoms with van der Waals surface area (Å²) in [6.07, 6.45) is 5.46. The Balaban J connectivity index is 2.46. The second kappa shape index (κ2) is 9.91. The highest BCUT2D eigenvalue weighted by molar-refractivity contribution is 6.22. The van der Waals surface area contributed by atoms with Gasteiger partial charge in [-0.3, -0.25) is 9.59 Å². The third-order valence-corrected chi connectivity index (χ3v) is 5.77. The van der Waals surface area contributed by atoms with Crippen molar-refractivity contribution in [1.82, 2.24) is 10.6 Å². The molecule has 0 aliphatic heterocycles. The zero-order chi connectivity index (χ0) is 22.6. The van der Waals surface area contributed by atoms with Crippen LogP contribution in [0.1, 0.15) is 59.8 Å². The van der Waals surface area contributed by atoms with E-state index in [1.165, 1.54) is 0 Å². The maximum absolute atomic E-state index is 13.4. The molecule has 0 heterocycles. The van der Waals surface area contributed by atoms with Crippen LogP contribution in [0, 0.1) is 17.8 Å². The van der Waals surface area contributed by atoms with Gasteiger partial charge < -0.3 is 20.8 Å². The van der Waals surface area contributed by atoms with Gasteiger partial charge in [-0.1, -0.05) is 47.0 Å². The highest BCUT2D eigenvalue weighted by Gasteiger charge is 2.37. The summed E-state index contributed by atoms with van der Waals surface area (Å²) in [7, 11) is 0. The van der Waals surface area contributed by atoms with Crippen LogP contribution < -0.4 is 10.6 Å². The molecule has 30 heavy (non-hydrogen) atoms. The number of Topliss-reactive ketones (excluding diaryl/α,β-unsaturated/α-hetero) is 1. The Hall–Kier alpha value is -2.64. The van der Waals surface area contributed by atoms with Crippen molar-refractivity contribution in [3.05, 3.63) is 23.0 Å². The molecule has 0 aromatic rings. The van der Waals surface area contributed by atoms with Crippen LogP contribution in [0.5, 0.6) is 0 Å². The van der Waals surface area contributed by atoms with Crippen molar-refractivity contribution in [3.8, 4) is 0 Å². The van der Waals surface area contributed by atoms with Crippen LogP contribution in [-0.4, -0.2) is 45.8 Å². The maximum Gasteiger partial charge on any atom is 0.326 e. The zero-order valence-electron chi connectivity index (χ0n) is 18.0. The van der Waals surface area contributed by atoms with E-state index >= 15 is 0 Å². The molecule has 2 aliphatic rings. The quantitative estimate of drug-likeness (QED) is 0.418. The van der Waals surface area contributed by atoms with Crippen LogP contribution in [0.2, 0.25) is 0 Å². The molecule has 2 aliphatic carbocycles. The van der Waals surface area contributed by atoms with Crippen LogP contribution in [-0.2, 0) is 19.2 Å². The lowest BCUT2D eigenvalue weighted by atomic mass is 9.78. The van der Waals surface area contributed by atoms with Crippen LogP contribution in [0.15, 0.2) is 23.0 Å². The molecule has 8 nitrogen and oxygen atoms in total. The Kier molecular flexibility index (Phi) is 7.81. The molecular weight excluding hydrogens is 388 g/mol. The minimum atomic E-state index is -1.11. The van der Waals surface area contributed by atoms with Crippen molar-refractivity contribution in [2.24, 2.45) is 17.8 Å². The van der Waals surface area contributed by atoms with Gasteiger partial charge in [-0.2, -0.15) is 0 Å². The number of allylic oxidation sites excluding steroid dienone is 2. The fourth-order valence-electron chi connectivity index (χ4n) is 4.05. The monoisotopic (exact) mass is 420 g/mol. The summed E-state index contributed by atoms with van der Waals surface area (Å²) in [5.74, 6) is -3.89. The van der Waals surface area contributed by atoms with E-state index in [0.29, 0.717) is 0 Å². The minimum absolute atomic E-state index is 0.0370. The first-order chi connectivity index (χ1) is 14.0. The average molecular weight is 421 g/mol. The Labute approximate surface area is 176 Å². The number of carboxylic acid groups (broad SMARTS) is 2. The summed E-state index contributed by atoms with van der Waals surface area (Å²) in [5, 5.41) is 24.6. The summed E-state index contributed by atoms with van der Waals surface area (Å²) >= 11 is 0. The van der Waals surface area contributed by atoms with Gasteiger partial charge in [0.15, 0.2) is 0 Å². The van der Waals surface area contributed by atoms with Gasteiger partial charge in [0, 0.05) is 11.6 Å². The van der Waals surface area contributed by atoms with Gasteiger partial charge in [-0.25, -0.2) is 9.59 Å².